The van der Waals surface area contributed by atoms with Crippen LogP contribution in [0.4, 0.5) is 0 Å². The molecule has 14 heavy (non-hydrogen) atoms. The Bertz CT molecular complexity index is 415. The lowest BCUT2D eigenvalue weighted by Crippen LogP contribution is -2.31. The first-order valence-electron chi connectivity index (χ1n) is 4.24. The number of aromatic amines is 1. The van der Waals surface area contributed by atoms with Crippen molar-refractivity contribution in [2.24, 2.45) is 0 Å². The number of hydrogen-bond acceptors (Lipinski definition) is 3. The fourth-order valence-electron chi connectivity index (χ4n) is 1.35. The fraction of sp³-hybridized carbons (Fsp3) is 0. The van der Waals surface area contributed by atoms with Crippen molar-refractivity contribution in [3.05, 3.63) is 36.7 Å². The zero-order chi connectivity index (χ0) is 9.97. The van der Waals surface area contributed by atoms with E-state index in [0.29, 0.717) is 16.9 Å². The van der Waals surface area contributed by atoms with Gasteiger partial charge in [-0.1, -0.05) is 24.3 Å². The Morgan fingerprint density at radius 3 is 2.64 bits per heavy atom. The molecule has 1 aromatic heterocycles. The van der Waals surface area contributed by atoms with Crippen molar-refractivity contribution < 1.29 is 10.0 Å². The van der Waals surface area contributed by atoms with Crippen LogP contribution in [0.1, 0.15) is 0 Å². The monoisotopic (exact) mass is 188 g/mol. The largest absolute Gasteiger partial charge is 0.489 e. The highest BCUT2D eigenvalue weighted by molar-refractivity contribution is 6.60. The molecule has 4 nitrogen and oxygen atoms in total. The summed E-state index contributed by atoms with van der Waals surface area (Å²) in [5, 5.41) is 18.2. The molecule has 2 rings (SSSR count). The van der Waals surface area contributed by atoms with Gasteiger partial charge in [0.05, 0.1) is 0 Å². The van der Waals surface area contributed by atoms with Crippen molar-refractivity contribution in [1.82, 2.24) is 9.97 Å². The molecule has 0 atom stereocenters. The van der Waals surface area contributed by atoms with E-state index in [9.17, 15) is 0 Å². The summed E-state index contributed by atoms with van der Waals surface area (Å²) in [6.45, 7) is 0. The smallest absolute Gasteiger partial charge is 0.423 e. The molecule has 1 aromatic carbocycles. The van der Waals surface area contributed by atoms with E-state index in [1.54, 1.807) is 30.6 Å². The molecule has 0 saturated heterocycles. The van der Waals surface area contributed by atoms with Gasteiger partial charge in [-0.05, 0) is 5.46 Å². The molecular weight excluding hydrogens is 179 g/mol. The van der Waals surface area contributed by atoms with E-state index in [1.807, 2.05) is 6.07 Å². The van der Waals surface area contributed by atoms with Gasteiger partial charge in [-0.25, -0.2) is 4.98 Å². The second-order valence-electron chi connectivity index (χ2n) is 2.90. The highest BCUT2D eigenvalue weighted by atomic mass is 16.4. The Morgan fingerprint density at radius 2 is 2.00 bits per heavy atom. The molecule has 2 aromatic rings. The third-order valence-corrected chi connectivity index (χ3v) is 1.99. The Balaban J connectivity index is 2.53. The van der Waals surface area contributed by atoms with Crippen LogP contribution in [-0.2, 0) is 0 Å². The van der Waals surface area contributed by atoms with Gasteiger partial charge >= 0.3 is 7.12 Å². The summed E-state index contributed by atoms with van der Waals surface area (Å²) in [5.74, 6) is 0.633. The maximum Gasteiger partial charge on any atom is 0.489 e. The van der Waals surface area contributed by atoms with Crippen LogP contribution in [0.3, 0.4) is 0 Å². The molecule has 5 heteroatoms. The lowest BCUT2D eigenvalue weighted by molar-refractivity contribution is 0.426. The molecule has 0 aliphatic rings. The first-order valence-corrected chi connectivity index (χ1v) is 4.24. The van der Waals surface area contributed by atoms with Crippen LogP contribution >= 0.6 is 0 Å². The molecule has 0 saturated carbocycles. The summed E-state index contributed by atoms with van der Waals surface area (Å²) in [5.41, 5.74) is 1.15. The number of aromatic nitrogens is 2. The highest BCUT2D eigenvalue weighted by Gasteiger charge is 2.16. The minimum Gasteiger partial charge on any atom is -0.423 e. The average Bonchev–Trinajstić information content (AvgIpc) is 2.70. The standard InChI is InChI=1S/C9H9BN2O2/c13-10(14)8-4-2-1-3-7(8)9-11-5-6-12-9/h1-6,13-14H,(H,11,12). The van der Waals surface area contributed by atoms with E-state index in [2.05, 4.69) is 9.97 Å². The zero-order valence-electron chi connectivity index (χ0n) is 7.38. The predicted molar refractivity (Wildman–Crippen MR) is 53.8 cm³/mol. The predicted octanol–water partition coefficient (Wildman–Crippen LogP) is -0.244. The number of hydrogen-bond donors (Lipinski definition) is 3. The molecule has 1 heterocycles. The van der Waals surface area contributed by atoms with Crippen molar-refractivity contribution in [2.45, 2.75) is 0 Å². The van der Waals surface area contributed by atoms with E-state index < -0.39 is 7.12 Å². The van der Waals surface area contributed by atoms with Crippen molar-refractivity contribution in [3.8, 4) is 11.4 Å². The number of imidazole rings is 1. The molecule has 0 bridgehead atoms. The van der Waals surface area contributed by atoms with Crippen molar-refractivity contribution in [2.75, 3.05) is 0 Å². The normalized spacial score (nSPS) is 10.1. The average molecular weight is 188 g/mol. The second-order valence-corrected chi connectivity index (χ2v) is 2.90. The molecule has 70 valence electrons. The van der Waals surface area contributed by atoms with E-state index in [-0.39, 0.29) is 0 Å². The van der Waals surface area contributed by atoms with Crippen LogP contribution < -0.4 is 5.46 Å². The highest BCUT2D eigenvalue weighted by Crippen LogP contribution is 2.11. The summed E-state index contributed by atoms with van der Waals surface area (Å²) in [7, 11) is -1.48. The molecule has 0 fully saturated rings. The van der Waals surface area contributed by atoms with Crippen molar-refractivity contribution >= 4 is 12.6 Å². The molecular formula is C9H9BN2O2. The van der Waals surface area contributed by atoms with Gasteiger partial charge in [-0.2, -0.15) is 0 Å². The molecule has 0 radical (unpaired) electrons. The Hall–Kier alpha value is -1.59. The van der Waals surface area contributed by atoms with Crippen LogP contribution in [0.25, 0.3) is 11.4 Å². The molecule has 0 aliphatic carbocycles. The first-order chi connectivity index (χ1) is 6.79. The topological polar surface area (TPSA) is 69.1 Å². The third kappa shape index (κ3) is 1.55. The third-order valence-electron chi connectivity index (χ3n) is 1.99. The van der Waals surface area contributed by atoms with E-state index in [4.69, 9.17) is 10.0 Å². The number of nitrogens with zero attached hydrogens (tertiary/aromatic N) is 1. The van der Waals surface area contributed by atoms with Gasteiger partial charge < -0.3 is 15.0 Å². The zero-order valence-corrected chi connectivity index (χ0v) is 7.38. The van der Waals surface area contributed by atoms with Gasteiger partial charge in [-0.15, -0.1) is 0 Å². The minimum atomic E-state index is -1.48. The van der Waals surface area contributed by atoms with E-state index >= 15 is 0 Å². The number of nitrogens with one attached hydrogen (secondary N) is 1. The van der Waals surface area contributed by atoms with Gasteiger partial charge in [-0.3, -0.25) is 0 Å². The van der Waals surface area contributed by atoms with Crippen LogP contribution in [0.2, 0.25) is 0 Å². The van der Waals surface area contributed by atoms with Crippen LogP contribution in [0.15, 0.2) is 36.7 Å². The van der Waals surface area contributed by atoms with Gasteiger partial charge in [0.25, 0.3) is 0 Å². The summed E-state index contributed by atoms with van der Waals surface area (Å²) in [6.07, 6.45) is 3.31. The quantitative estimate of drug-likeness (QED) is 0.569. The van der Waals surface area contributed by atoms with Crippen LogP contribution in [0, 0.1) is 0 Å². The van der Waals surface area contributed by atoms with E-state index in [0.717, 1.165) is 0 Å². The van der Waals surface area contributed by atoms with Gasteiger partial charge in [0.1, 0.15) is 5.82 Å². The molecule has 3 N–H and O–H groups in total. The first kappa shape index (κ1) is 8.99. The lowest BCUT2D eigenvalue weighted by atomic mass is 9.77. The maximum absolute atomic E-state index is 9.12. The number of H-pyrrole nitrogens is 1. The summed E-state index contributed by atoms with van der Waals surface area (Å²) in [4.78, 5) is 6.97. The van der Waals surface area contributed by atoms with Crippen molar-refractivity contribution in [3.63, 3.8) is 0 Å². The maximum atomic E-state index is 9.12. The number of rotatable bonds is 2. The van der Waals surface area contributed by atoms with Gasteiger partial charge in [0.2, 0.25) is 0 Å². The summed E-state index contributed by atoms with van der Waals surface area (Å²) in [6, 6.07) is 7.01. The van der Waals surface area contributed by atoms with Gasteiger partial charge in [0, 0.05) is 18.0 Å². The SMILES string of the molecule is OB(O)c1ccccc1-c1ncc[nH]1. The molecule has 0 amide bonds. The molecule has 0 spiro atoms. The Kier molecular flexibility index (Phi) is 2.34. The molecule has 0 aliphatic heterocycles. The van der Waals surface area contributed by atoms with Crippen molar-refractivity contribution in [1.29, 1.82) is 0 Å². The second kappa shape index (κ2) is 3.65. The lowest BCUT2D eigenvalue weighted by Gasteiger charge is -2.05. The Labute approximate surface area is 81.4 Å². The summed E-state index contributed by atoms with van der Waals surface area (Å²) < 4.78 is 0. The van der Waals surface area contributed by atoms with E-state index in [1.165, 1.54) is 0 Å². The van der Waals surface area contributed by atoms with Gasteiger partial charge in [0.15, 0.2) is 0 Å². The fourth-order valence-corrected chi connectivity index (χ4v) is 1.35. The Morgan fingerprint density at radius 1 is 1.21 bits per heavy atom. The van der Waals surface area contributed by atoms with Crippen LogP contribution in [0.5, 0.6) is 0 Å². The molecule has 0 unspecified atom stereocenters. The van der Waals surface area contributed by atoms with Crippen LogP contribution in [-0.4, -0.2) is 27.1 Å². The number of benzene rings is 1. The summed E-state index contributed by atoms with van der Waals surface area (Å²) >= 11 is 0. The minimum absolute atomic E-state index is 0.447.